The Labute approximate surface area is 241 Å². The van der Waals surface area contributed by atoms with Crippen LogP contribution in [0, 0.1) is 13.8 Å². The molecule has 1 aliphatic heterocycles. The molecule has 0 saturated heterocycles. The molecule has 0 spiro atoms. The van der Waals surface area contributed by atoms with E-state index >= 15 is 0 Å². The van der Waals surface area contributed by atoms with E-state index in [1.165, 1.54) is 7.11 Å². The summed E-state index contributed by atoms with van der Waals surface area (Å²) in [7, 11) is 3.09. The van der Waals surface area contributed by atoms with Gasteiger partial charge in [-0.15, -0.1) is 6.58 Å². The summed E-state index contributed by atoms with van der Waals surface area (Å²) >= 11 is 0. The molecule has 8 heteroatoms. The lowest BCUT2D eigenvalue weighted by Gasteiger charge is -2.22. The molecule has 0 aromatic heterocycles. The van der Waals surface area contributed by atoms with Gasteiger partial charge >= 0.3 is 0 Å². The SMILES string of the molecule is C=CC1CC(c2ccc(N)cc2)=CN1C(=O)c1cc(OC)c(OCCCOc2cc(C)c(C=O)cc2OC)cc1C. The Bertz CT molecular complexity index is 1460. The molecule has 3 aromatic carbocycles. The molecule has 1 unspecified atom stereocenters. The van der Waals surface area contributed by atoms with Crippen molar-refractivity contribution >= 4 is 23.5 Å². The van der Waals surface area contributed by atoms with Crippen LogP contribution in [0.4, 0.5) is 5.69 Å². The molecule has 41 heavy (non-hydrogen) atoms. The van der Waals surface area contributed by atoms with Crippen LogP contribution in [0.3, 0.4) is 0 Å². The van der Waals surface area contributed by atoms with Crippen LogP contribution in [0.2, 0.25) is 0 Å². The third-order valence-corrected chi connectivity index (χ3v) is 7.09. The van der Waals surface area contributed by atoms with E-state index in [0.717, 1.165) is 28.5 Å². The smallest absolute Gasteiger partial charge is 0.258 e. The Morgan fingerprint density at radius 3 is 2.15 bits per heavy atom. The predicted octanol–water partition coefficient (Wildman–Crippen LogP) is 6.00. The number of benzene rings is 3. The summed E-state index contributed by atoms with van der Waals surface area (Å²) < 4.78 is 22.8. The van der Waals surface area contributed by atoms with Gasteiger partial charge in [-0.25, -0.2) is 0 Å². The summed E-state index contributed by atoms with van der Waals surface area (Å²) in [5, 5.41) is 0. The maximum Gasteiger partial charge on any atom is 0.258 e. The van der Waals surface area contributed by atoms with Gasteiger partial charge in [0.2, 0.25) is 0 Å². The number of methoxy groups -OCH3 is 2. The summed E-state index contributed by atoms with van der Waals surface area (Å²) in [5.41, 5.74) is 11.3. The second kappa shape index (κ2) is 13.1. The molecule has 2 N–H and O–H groups in total. The zero-order valence-electron chi connectivity index (χ0n) is 23.9. The number of carbonyl (C=O) groups excluding carboxylic acids is 2. The number of nitrogen functional groups attached to an aromatic ring is 1. The first-order valence-corrected chi connectivity index (χ1v) is 13.4. The van der Waals surface area contributed by atoms with Crippen molar-refractivity contribution in [2.45, 2.75) is 32.7 Å². The molecule has 3 aromatic rings. The number of carbonyl (C=O) groups is 2. The Balaban J connectivity index is 1.42. The van der Waals surface area contributed by atoms with Crippen molar-refractivity contribution in [3.8, 4) is 23.0 Å². The van der Waals surface area contributed by atoms with E-state index in [-0.39, 0.29) is 11.9 Å². The Hall–Kier alpha value is -4.72. The van der Waals surface area contributed by atoms with Gasteiger partial charge in [0, 0.05) is 29.4 Å². The molecule has 0 fully saturated rings. The second-order valence-electron chi connectivity index (χ2n) is 9.84. The Morgan fingerprint density at radius 1 is 0.951 bits per heavy atom. The molecule has 1 amide bonds. The fourth-order valence-electron chi connectivity index (χ4n) is 4.74. The Kier molecular flexibility index (Phi) is 9.34. The number of rotatable bonds is 12. The second-order valence-corrected chi connectivity index (χ2v) is 9.84. The highest BCUT2D eigenvalue weighted by Crippen LogP contribution is 2.36. The van der Waals surface area contributed by atoms with Crippen LogP contribution in [-0.2, 0) is 0 Å². The summed E-state index contributed by atoms with van der Waals surface area (Å²) in [6.07, 6.45) is 5.74. The van der Waals surface area contributed by atoms with E-state index in [1.54, 1.807) is 36.3 Å². The molecule has 0 radical (unpaired) electrons. The van der Waals surface area contributed by atoms with Crippen LogP contribution < -0.4 is 24.7 Å². The summed E-state index contributed by atoms with van der Waals surface area (Å²) in [6, 6.07) is 14.5. The number of anilines is 1. The maximum atomic E-state index is 13.7. The molecule has 214 valence electrons. The van der Waals surface area contributed by atoms with Crippen LogP contribution in [0.1, 0.15) is 50.2 Å². The molecular weight excluding hydrogens is 520 g/mol. The Morgan fingerprint density at radius 2 is 1.56 bits per heavy atom. The van der Waals surface area contributed by atoms with Gasteiger partial charge in [-0.2, -0.15) is 0 Å². The van der Waals surface area contributed by atoms with Crippen molar-refractivity contribution in [3.63, 3.8) is 0 Å². The molecular formula is C33H36N2O6. The number of aldehydes is 1. The molecule has 1 aliphatic rings. The lowest BCUT2D eigenvalue weighted by atomic mass is 10.0. The van der Waals surface area contributed by atoms with Gasteiger partial charge in [0.05, 0.1) is 33.5 Å². The van der Waals surface area contributed by atoms with Crippen LogP contribution in [0.15, 0.2) is 67.4 Å². The molecule has 1 atom stereocenters. The predicted molar refractivity (Wildman–Crippen MR) is 160 cm³/mol. The van der Waals surface area contributed by atoms with Crippen LogP contribution >= 0.6 is 0 Å². The van der Waals surface area contributed by atoms with Gasteiger partial charge in [0.25, 0.3) is 5.91 Å². The van der Waals surface area contributed by atoms with Crippen LogP contribution in [0.5, 0.6) is 23.0 Å². The standard InChI is InChI=1S/C33H36N2O6/c1-6-27-16-24(23-8-10-26(34)11-9-23)19-35(27)33(37)28-18-30(39-5)32(15-22(28)3)41-13-7-12-40-31-14-21(2)25(20-36)17-29(31)38-4/h6,8-11,14-15,17-20,27H,1,7,12-13,16,34H2,2-5H3. The summed E-state index contributed by atoms with van der Waals surface area (Å²) in [6.45, 7) is 8.43. The maximum absolute atomic E-state index is 13.7. The van der Waals surface area contributed by atoms with Crippen molar-refractivity contribution in [1.29, 1.82) is 0 Å². The zero-order chi connectivity index (χ0) is 29.5. The fourth-order valence-corrected chi connectivity index (χ4v) is 4.74. The molecule has 0 saturated carbocycles. The topological polar surface area (TPSA) is 100 Å². The molecule has 0 bridgehead atoms. The first-order chi connectivity index (χ1) is 19.8. The van der Waals surface area contributed by atoms with Crippen LogP contribution in [0.25, 0.3) is 5.57 Å². The average molecular weight is 557 g/mol. The number of aryl methyl sites for hydroxylation is 2. The van der Waals surface area contributed by atoms with E-state index in [9.17, 15) is 9.59 Å². The highest BCUT2D eigenvalue weighted by Gasteiger charge is 2.30. The van der Waals surface area contributed by atoms with E-state index in [1.807, 2.05) is 50.4 Å². The van der Waals surface area contributed by atoms with Crippen molar-refractivity contribution in [2.24, 2.45) is 0 Å². The van der Waals surface area contributed by atoms with E-state index < -0.39 is 0 Å². The van der Waals surface area contributed by atoms with E-state index in [4.69, 9.17) is 24.7 Å². The van der Waals surface area contributed by atoms with E-state index in [2.05, 4.69) is 6.58 Å². The zero-order valence-corrected chi connectivity index (χ0v) is 23.9. The number of nitrogens with zero attached hydrogens (tertiary/aromatic N) is 1. The number of hydrogen-bond donors (Lipinski definition) is 1. The average Bonchev–Trinajstić information content (AvgIpc) is 3.42. The van der Waals surface area contributed by atoms with Gasteiger partial charge in [0.15, 0.2) is 23.0 Å². The van der Waals surface area contributed by atoms with Gasteiger partial charge < -0.3 is 29.6 Å². The molecule has 4 rings (SSSR count). The summed E-state index contributed by atoms with van der Waals surface area (Å²) in [4.78, 5) is 26.6. The van der Waals surface area contributed by atoms with Gasteiger partial charge in [0.1, 0.15) is 6.29 Å². The highest BCUT2D eigenvalue weighted by atomic mass is 16.5. The first-order valence-electron chi connectivity index (χ1n) is 13.4. The number of hydrogen-bond acceptors (Lipinski definition) is 7. The van der Waals surface area contributed by atoms with Gasteiger partial charge in [-0.05, 0) is 78.9 Å². The van der Waals surface area contributed by atoms with Crippen molar-refractivity contribution in [3.05, 3.63) is 95.2 Å². The lowest BCUT2D eigenvalue weighted by Crippen LogP contribution is -2.31. The lowest BCUT2D eigenvalue weighted by molar-refractivity contribution is 0.0805. The molecule has 0 aliphatic carbocycles. The largest absolute Gasteiger partial charge is 0.493 e. The van der Waals surface area contributed by atoms with Gasteiger partial charge in [-0.1, -0.05) is 18.2 Å². The number of amides is 1. The summed E-state index contributed by atoms with van der Waals surface area (Å²) in [5.74, 6) is 1.95. The fraction of sp³-hybridized carbons (Fsp3) is 0.273. The highest BCUT2D eigenvalue weighted by molar-refractivity contribution is 5.99. The van der Waals surface area contributed by atoms with Crippen molar-refractivity contribution < 1.29 is 28.5 Å². The first kappa shape index (κ1) is 29.3. The number of ether oxygens (including phenoxy) is 4. The quantitative estimate of drug-likeness (QED) is 0.126. The minimum atomic E-state index is -0.159. The third-order valence-electron chi connectivity index (χ3n) is 7.09. The number of nitrogens with two attached hydrogens (primary N) is 1. The van der Waals surface area contributed by atoms with Gasteiger partial charge in [-0.3, -0.25) is 9.59 Å². The monoisotopic (exact) mass is 556 g/mol. The molecule has 8 nitrogen and oxygen atoms in total. The van der Waals surface area contributed by atoms with E-state index in [0.29, 0.717) is 65.9 Å². The van der Waals surface area contributed by atoms with Crippen molar-refractivity contribution in [1.82, 2.24) is 4.90 Å². The van der Waals surface area contributed by atoms with Crippen molar-refractivity contribution in [2.75, 3.05) is 33.2 Å². The molecule has 1 heterocycles. The minimum absolute atomic E-state index is 0.138. The normalized spacial score (nSPS) is 14.3. The van der Waals surface area contributed by atoms with Crippen LogP contribution in [-0.4, -0.2) is 50.6 Å². The third kappa shape index (κ3) is 6.54. The minimum Gasteiger partial charge on any atom is -0.493 e.